The van der Waals surface area contributed by atoms with Gasteiger partial charge in [-0.25, -0.2) is 0 Å². The predicted octanol–water partition coefficient (Wildman–Crippen LogP) is 2.38. The summed E-state index contributed by atoms with van der Waals surface area (Å²) in [4.78, 5) is 13.0. The SMILES string of the molecule is CC1=C[C@@]2(O)C(=O)[C@H](C)C[C@@H]3[C@H](CC[C@](C)(O)C=C2[C@@H]1O)C3(C)C. The quantitative estimate of drug-likeness (QED) is 0.594. The van der Waals surface area contributed by atoms with Crippen LogP contribution in [0.5, 0.6) is 0 Å². The number of hydrogen-bond donors (Lipinski definition) is 3. The van der Waals surface area contributed by atoms with Gasteiger partial charge in [0, 0.05) is 11.5 Å². The van der Waals surface area contributed by atoms with Gasteiger partial charge in [0.1, 0.15) is 0 Å². The molecular weight excluding hydrogens is 304 g/mol. The summed E-state index contributed by atoms with van der Waals surface area (Å²) in [5, 5.41) is 32.3. The molecule has 0 heterocycles. The van der Waals surface area contributed by atoms with Gasteiger partial charge < -0.3 is 15.3 Å². The molecule has 0 amide bonds. The summed E-state index contributed by atoms with van der Waals surface area (Å²) in [5.41, 5.74) is -2.00. The molecule has 1 fully saturated rings. The molecular formula is C20H30O4. The first kappa shape index (κ1) is 17.8. The van der Waals surface area contributed by atoms with E-state index >= 15 is 0 Å². The van der Waals surface area contributed by atoms with Crippen LogP contribution in [0, 0.1) is 23.2 Å². The van der Waals surface area contributed by atoms with Crippen LogP contribution in [0.2, 0.25) is 0 Å². The molecule has 4 nitrogen and oxygen atoms in total. The number of ketones is 1. The molecule has 0 radical (unpaired) electrons. The molecule has 0 spiro atoms. The Labute approximate surface area is 144 Å². The fraction of sp³-hybridized carbons (Fsp3) is 0.750. The molecule has 0 aromatic carbocycles. The van der Waals surface area contributed by atoms with Crippen molar-refractivity contribution in [2.75, 3.05) is 0 Å². The van der Waals surface area contributed by atoms with Crippen LogP contribution in [-0.4, -0.2) is 38.4 Å². The summed E-state index contributed by atoms with van der Waals surface area (Å²) in [5.74, 6) is 0.370. The van der Waals surface area contributed by atoms with Crippen LogP contribution in [-0.2, 0) is 4.79 Å². The van der Waals surface area contributed by atoms with Gasteiger partial charge in [-0.15, -0.1) is 0 Å². The highest BCUT2D eigenvalue weighted by Gasteiger charge is 2.59. The maximum absolute atomic E-state index is 13.0. The Morgan fingerprint density at radius 3 is 2.38 bits per heavy atom. The average molecular weight is 334 g/mol. The Balaban J connectivity index is 2.05. The molecule has 3 rings (SSSR count). The standard InChI is InChI=1S/C20H30O4/c1-11-8-14-13(18(14,3)4)6-7-19(5,23)10-15-16(21)12(2)9-20(15,24)17(11)22/h9-11,13-14,16,21,23-24H,6-8H2,1-5H3/t11-,13+,14-,16-,19+,20+/m1/s1. The largest absolute Gasteiger partial charge is 0.386 e. The molecule has 0 aliphatic heterocycles. The third kappa shape index (κ3) is 2.59. The smallest absolute Gasteiger partial charge is 0.175 e. The first-order valence-corrected chi connectivity index (χ1v) is 9.00. The molecule has 24 heavy (non-hydrogen) atoms. The minimum absolute atomic E-state index is 0.180. The average Bonchev–Trinajstić information content (AvgIpc) is 2.91. The van der Waals surface area contributed by atoms with Crippen LogP contribution in [0.1, 0.15) is 53.9 Å². The van der Waals surface area contributed by atoms with Gasteiger partial charge in [0.25, 0.3) is 0 Å². The number of aliphatic hydroxyl groups excluding tert-OH is 1. The van der Waals surface area contributed by atoms with Crippen LogP contribution in [0.3, 0.4) is 0 Å². The number of hydrogen-bond acceptors (Lipinski definition) is 4. The zero-order valence-electron chi connectivity index (χ0n) is 15.3. The van der Waals surface area contributed by atoms with Crippen LogP contribution in [0.4, 0.5) is 0 Å². The lowest BCUT2D eigenvalue weighted by molar-refractivity contribution is -0.134. The molecule has 0 aromatic heterocycles. The number of Topliss-reactive ketones (excluding diaryl/α,β-unsaturated/α-hetero) is 1. The van der Waals surface area contributed by atoms with Crippen molar-refractivity contribution in [1.29, 1.82) is 0 Å². The second-order valence-corrected chi connectivity index (χ2v) is 9.09. The van der Waals surface area contributed by atoms with E-state index < -0.39 is 17.3 Å². The topological polar surface area (TPSA) is 77.8 Å². The first-order valence-electron chi connectivity index (χ1n) is 9.00. The zero-order chi connectivity index (χ0) is 18.1. The Morgan fingerprint density at radius 1 is 1.12 bits per heavy atom. The van der Waals surface area contributed by atoms with Gasteiger partial charge in [-0.1, -0.05) is 20.8 Å². The summed E-state index contributed by atoms with van der Waals surface area (Å²) in [7, 11) is 0. The number of aliphatic hydroxyl groups is 3. The van der Waals surface area contributed by atoms with E-state index in [-0.39, 0.29) is 22.7 Å². The van der Waals surface area contributed by atoms with E-state index in [0.717, 1.165) is 12.8 Å². The van der Waals surface area contributed by atoms with Crippen LogP contribution in [0.25, 0.3) is 0 Å². The minimum atomic E-state index is -1.80. The third-order valence-electron chi connectivity index (χ3n) is 6.75. The zero-order valence-corrected chi connectivity index (χ0v) is 15.3. The van der Waals surface area contributed by atoms with E-state index in [1.807, 2.05) is 6.92 Å². The molecule has 0 bridgehead atoms. The summed E-state index contributed by atoms with van der Waals surface area (Å²) in [6.07, 6.45) is 4.17. The first-order chi connectivity index (χ1) is 10.9. The Kier molecular flexibility index (Phi) is 3.91. The molecule has 134 valence electrons. The van der Waals surface area contributed by atoms with Crippen molar-refractivity contribution in [1.82, 2.24) is 0 Å². The van der Waals surface area contributed by atoms with Crippen molar-refractivity contribution in [3.8, 4) is 0 Å². The Bertz CT molecular complexity index is 628. The van der Waals surface area contributed by atoms with Crippen molar-refractivity contribution in [3.63, 3.8) is 0 Å². The summed E-state index contributed by atoms with van der Waals surface area (Å²) in [6.45, 7) is 9.71. The van der Waals surface area contributed by atoms with Gasteiger partial charge in [-0.05, 0) is 68.1 Å². The summed E-state index contributed by atoms with van der Waals surface area (Å²) < 4.78 is 0. The van der Waals surface area contributed by atoms with Crippen molar-refractivity contribution in [2.45, 2.75) is 71.2 Å². The molecule has 0 unspecified atom stereocenters. The molecule has 0 saturated heterocycles. The van der Waals surface area contributed by atoms with Crippen LogP contribution < -0.4 is 0 Å². The number of fused-ring (bicyclic) bond motifs is 2. The highest BCUT2D eigenvalue weighted by Crippen LogP contribution is 2.63. The number of carbonyl (C=O) groups is 1. The monoisotopic (exact) mass is 334 g/mol. The van der Waals surface area contributed by atoms with E-state index in [1.165, 1.54) is 12.2 Å². The molecule has 0 aromatic rings. The maximum Gasteiger partial charge on any atom is 0.175 e. The lowest BCUT2D eigenvalue weighted by Gasteiger charge is -2.29. The highest BCUT2D eigenvalue weighted by molar-refractivity contribution is 5.96. The lowest BCUT2D eigenvalue weighted by atomic mass is 9.81. The number of rotatable bonds is 0. The van der Waals surface area contributed by atoms with E-state index in [1.54, 1.807) is 13.8 Å². The fourth-order valence-electron chi connectivity index (χ4n) is 4.96. The van der Waals surface area contributed by atoms with Crippen molar-refractivity contribution >= 4 is 5.78 Å². The Hall–Kier alpha value is -0.970. The second-order valence-electron chi connectivity index (χ2n) is 9.09. The molecule has 3 aliphatic rings. The van der Waals surface area contributed by atoms with Gasteiger partial charge in [0.05, 0.1) is 11.7 Å². The minimum Gasteiger partial charge on any atom is -0.386 e. The molecule has 3 aliphatic carbocycles. The second kappa shape index (κ2) is 5.26. The highest BCUT2D eigenvalue weighted by atomic mass is 16.3. The van der Waals surface area contributed by atoms with Gasteiger partial charge in [-0.3, -0.25) is 4.79 Å². The van der Waals surface area contributed by atoms with Crippen LogP contribution >= 0.6 is 0 Å². The van der Waals surface area contributed by atoms with Crippen LogP contribution in [0.15, 0.2) is 23.3 Å². The molecule has 4 heteroatoms. The molecule has 3 N–H and O–H groups in total. The van der Waals surface area contributed by atoms with E-state index in [0.29, 0.717) is 23.8 Å². The lowest BCUT2D eigenvalue weighted by Crippen LogP contribution is -2.43. The van der Waals surface area contributed by atoms with Gasteiger partial charge in [0.2, 0.25) is 0 Å². The van der Waals surface area contributed by atoms with E-state index in [4.69, 9.17) is 0 Å². The van der Waals surface area contributed by atoms with Gasteiger partial charge >= 0.3 is 0 Å². The summed E-state index contributed by atoms with van der Waals surface area (Å²) >= 11 is 0. The van der Waals surface area contributed by atoms with Gasteiger partial charge in [-0.2, -0.15) is 0 Å². The van der Waals surface area contributed by atoms with Crippen molar-refractivity contribution in [3.05, 3.63) is 23.3 Å². The van der Waals surface area contributed by atoms with E-state index in [2.05, 4.69) is 13.8 Å². The van der Waals surface area contributed by atoms with Gasteiger partial charge in [0.15, 0.2) is 11.4 Å². The van der Waals surface area contributed by atoms with Crippen molar-refractivity contribution < 1.29 is 20.1 Å². The Morgan fingerprint density at radius 2 is 1.75 bits per heavy atom. The van der Waals surface area contributed by atoms with E-state index in [9.17, 15) is 20.1 Å². The molecule has 1 saturated carbocycles. The third-order valence-corrected chi connectivity index (χ3v) is 6.75. The predicted molar refractivity (Wildman–Crippen MR) is 92.2 cm³/mol. The molecule has 6 atom stereocenters. The maximum atomic E-state index is 13.0. The normalized spacial score (nSPS) is 47.9. The fourth-order valence-corrected chi connectivity index (χ4v) is 4.96. The summed E-state index contributed by atoms with van der Waals surface area (Å²) in [6, 6.07) is 0. The van der Waals surface area contributed by atoms with Crippen molar-refractivity contribution in [2.24, 2.45) is 23.2 Å². The number of carbonyl (C=O) groups excluding carboxylic acids is 1.